The van der Waals surface area contributed by atoms with Gasteiger partial charge in [0, 0.05) is 24.8 Å². The Kier molecular flexibility index (Phi) is 9.32. The zero-order chi connectivity index (χ0) is 29.7. The number of anilines is 1. The first-order valence-electron chi connectivity index (χ1n) is 14.7. The number of hydrogen-bond donors (Lipinski definition) is 1. The summed E-state index contributed by atoms with van der Waals surface area (Å²) in [6.45, 7) is 8.23. The number of carbonyl (C=O) groups is 1. The number of carbonyl (C=O) groups excluding carboxylic acids is 1. The lowest BCUT2D eigenvalue weighted by Crippen LogP contribution is -2.64. The maximum absolute atomic E-state index is 13.9. The molecule has 0 aliphatic carbocycles. The molecule has 2 aliphatic heterocycles. The van der Waals surface area contributed by atoms with Crippen LogP contribution in [-0.4, -0.2) is 68.0 Å². The maximum Gasteiger partial charge on any atom is 0.243 e. The first-order chi connectivity index (χ1) is 20.1. The fourth-order valence-corrected chi connectivity index (χ4v) is 7.57. The number of hydrogen-bond acceptors (Lipinski definition) is 6. The summed E-state index contributed by atoms with van der Waals surface area (Å²) in [5.74, 6) is 1.64. The molecule has 3 aromatic carbocycles. The molecule has 224 valence electrons. The van der Waals surface area contributed by atoms with Crippen molar-refractivity contribution in [3.05, 3.63) is 84.4 Å². The number of piperidine rings is 1. The van der Waals surface area contributed by atoms with Crippen LogP contribution in [0.25, 0.3) is 0 Å². The highest BCUT2D eigenvalue weighted by atomic mass is 32.2. The predicted molar refractivity (Wildman–Crippen MR) is 164 cm³/mol. The molecule has 0 bridgehead atoms. The fraction of sp³-hybridized carbons (Fsp3) is 0.424. The number of aryl methyl sites for hydroxylation is 1. The second-order valence-electron chi connectivity index (χ2n) is 11.9. The van der Waals surface area contributed by atoms with E-state index >= 15 is 0 Å². The summed E-state index contributed by atoms with van der Waals surface area (Å²) in [5.41, 5.74) is 1.05. The van der Waals surface area contributed by atoms with Crippen LogP contribution in [0.5, 0.6) is 11.5 Å². The fourth-order valence-electron chi connectivity index (χ4n) is 5.88. The van der Waals surface area contributed by atoms with Crippen LogP contribution in [0.3, 0.4) is 0 Å². The van der Waals surface area contributed by atoms with Gasteiger partial charge in [-0.2, -0.15) is 4.31 Å². The van der Waals surface area contributed by atoms with Crippen LogP contribution in [0.4, 0.5) is 5.69 Å². The monoisotopic (exact) mass is 591 g/mol. The SMILES string of the molecule is Cc1ccc(S(=O)(=O)N2CC3(CCCN(CC(=O)Nc4ccc(Oc5ccccc5)cc4)C3)OC[C@@H]2CC(C)C)cc1. The van der Waals surface area contributed by atoms with Gasteiger partial charge in [0.1, 0.15) is 11.5 Å². The predicted octanol–water partition coefficient (Wildman–Crippen LogP) is 5.70. The molecule has 0 saturated carbocycles. The van der Waals surface area contributed by atoms with E-state index in [1.807, 2.05) is 73.7 Å². The zero-order valence-electron chi connectivity index (χ0n) is 24.7. The van der Waals surface area contributed by atoms with Gasteiger partial charge in [0.25, 0.3) is 0 Å². The lowest BCUT2D eigenvalue weighted by molar-refractivity contribution is -0.146. The summed E-state index contributed by atoms with van der Waals surface area (Å²) in [7, 11) is -3.71. The molecule has 2 atom stereocenters. The van der Waals surface area contributed by atoms with Crippen molar-refractivity contribution in [3.8, 4) is 11.5 Å². The van der Waals surface area contributed by atoms with Crippen LogP contribution in [0.1, 0.15) is 38.7 Å². The summed E-state index contributed by atoms with van der Waals surface area (Å²) < 4.78 is 41.8. The van der Waals surface area contributed by atoms with E-state index in [-0.39, 0.29) is 25.0 Å². The van der Waals surface area contributed by atoms with E-state index in [0.717, 1.165) is 37.1 Å². The van der Waals surface area contributed by atoms with E-state index in [1.54, 1.807) is 16.4 Å². The van der Waals surface area contributed by atoms with Crippen LogP contribution >= 0.6 is 0 Å². The van der Waals surface area contributed by atoms with Gasteiger partial charge in [0.05, 0.1) is 23.6 Å². The minimum Gasteiger partial charge on any atom is -0.457 e. The molecule has 1 unspecified atom stereocenters. The Bertz CT molecular complexity index is 1450. The van der Waals surface area contributed by atoms with Gasteiger partial charge >= 0.3 is 0 Å². The van der Waals surface area contributed by atoms with Gasteiger partial charge in [-0.3, -0.25) is 9.69 Å². The molecule has 5 rings (SSSR count). The van der Waals surface area contributed by atoms with E-state index < -0.39 is 15.6 Å². The standard InChI is InChI=1S/C33H41N3O5S/c1-25(2)20-28-22-40-33(24-36(28)42(38,39)31-16-10-26(3)11-17-31)18-7-19-35(23-33)21-32(37)34-27-12-14-30(15-13-27)41-29-8-5-4-6-9-29/h4-6,8-17,25,28H,7,18-24H2,1-3H3,(H,34,37)/t28-,33?/m0/s1. The Hall–Kier alpha value is -3.24. The molecular formula is C33H41N3O5S. The lowest BCUT2D eigenvalue weighted by Gasteiger charge is -2.50. The molecule has 9 heteroatoms. The van der Waals surface area contributed by atoms with Crippen molar-refractivity contribution in [2.75, 3.05) is 38.1 Å². The van der Waals surface area contributed by atoms with Crippen molar-refractivity contribution in [3.63, 3.8) is 0 Å². The molecule has 2 saturated heterocycles. The number of nitrogens with zero attached hydrogens (tertiary/aromatic N) is 2. The Morgan fingerprint density at radius 2 is 1.69 bits per heavy atom. The average Bonchev–Trinajstić information content (AvgIpc) is 2.96. The van der Waals surface area contributed by atoms with Crippen molar-refractivity contribution in [1.29, 1.82) is 0 Å². The number of sulfonamides is 1. The summed E-state index contributed by atoms with van der Waals surface area (Å²) in [4.78, 5) is 15.4. The third kappa shape index (κ3) is 7.39. The molecule has 2 aliphatic rings. The number of morpholine rings is 1. The van der Waals surface area contributed by atoms with Gasteiger partial charge in [-0.25, -0.2) is 8.42 Å². The molecule has 2 heterocycles. The first kappa shape index (κ1) is 30.2. The second kappa shape index (κ2) is 13.0. The molecule has 42 heavy (non-hydrogen) atoms. The highest BCUT2D eigenvalue weighted by Crippen LogP contribution is 2.35. The molecule has 1 N–H and O–H groups in total. The Morgan fingerprint density at radius 3 is 2.38 bits per heavy atom. The molecule has 1 spiro atoms. The quantitative estimate of drug-likeness (QED) is 0.344. The third-order valence-electron chi connectivity index (χ3n) is 7.91. The zero-order valence-corrected chi connectivity index (χ0v) is 25.5. The molecule has 0 radical (unpaired) electrons. The van der Waals surface area contributed by atoms with Gasteiger partial charge in [0.15, 0.2) is 0 Å². The van der Waals surface area contributed by atoms with Crippen molar-refractivity contribution in [2.24, 2.45) is 5.92 Å². The van der Waals surface area contributed by atoms with E-state index in [4.69, 9.17) is 9.47 Å². The normalized spacial score (nSPS) is 21.9. The van der Waals surface area contributed by atoms with Crippen LogP contribution in [0, 0.1) is 12.8 Å². The summed E-state index contributed by atoms with van der Waals surface area (Å²) in [6.07, 6.45) is 2.30. The highest BCUT2D eigenvalue weighted by Gasteiger charge is 2.47. The van der Waals surface area contributed by atoms with E-state index in [0.29, 0.717) is 35.4 Å². The van der Waals surface area contributed by atoms with Gasteiger partial charge in [0.2, 0.25) is 15.9 Å². The molecule has 8 nitrogen and oxygen atoms in total. The van der Waals surface area contributed by atoms with Crippen LogP contribution in [0.15, 0.2) is 83.8 Å². The van der Waals surface area contributed by atoms with Crippen molar-refractivity contribution in [2.45, 2.75) is 56.6 Å². The summed E-state index contributed by atoms with van der Waals surface area (Å²) >= 11 is 0. The second-order valence-corrected chi connectivity index (χ2v) is 13.8. The Morgan fingerprint density at radius 1 is 1.00 bits per heavy atom. The lowest BCUT2D eigenvalue weighted by atomic mass is 9.89. The third-order valence-corrected chi connectivity index (χ3v) is 9.82. The van der Waals surface area contributed by atoms with Crippen molar-refractivity contribution >= 4 is 21.6 Å². The minimum atomic E-state index is -3.71. The van der Waals surface area contributed by atoms with Crippen LogP contribution < -0.4 is 10.1 Å². The largest absolute Gasteiger partial charge is 0.457 e. The van der Waals surface area contributed by atoms with Crippen LogP contribution in [-0.2, 0) is 19.6 Å². The smallest absolute Gasteiger partial charge is 0.243 e. The minimum absolute atomic E-state index is 0.124. The van der Waals surface area contributed by atoms with E-state index in [9.17, 15) is 13.2 Å². The van der Waals surface area contributed by atoms with Crippen LogP contribution in [0.2, 0.25) is 0 Å². The topological polar surface area (TPSA) is 88.2 Å². The van der Waals surface area contributed by atoms with E-state index in [2.05, 4.69) is 24.1 Å². The number of para-hydroxylation sites is 1. The molecule has 0 aromatic heterocycles. The molecule has 2 fully saturated rings. The molecule has 3 aromatic rings. The summed E-state index contributed by atoms with van der Waals surface area (Å²) in [5, 5.41) is 2.98. The number of benzene rings is 3. The summed E-state index contributed by atoms with van der Waals surface area (Å²) in [6, 6.07) is 23.7. The molecular weight excluding hydrogens is 550 g/mol. The molecule has 1 amide bonds. The number of nitrogens with one attached hydrogen (secondary N) is 1. The van der Waals surface area contributed by atoms with Crippen molar-refractivity contribution < 1.29 is 22.7 Å². The number of rotatable bonds is 9. The maximum atomic E-state index is 13.9. The number of ether oxygens (including phenoxy) is 2. The van der Waals surface area contributed by atoms with Gasteiger partial charge in [-0.15, -0.1) is 0 Å². The van der Waals surface area contributed by atoms with Gasteiger partial charge < -0.3 is 14.8 Å². The number of likely N-dealkylation sites (tertiary alicyclic amines) is 1. The Balaban J connectivity index is 1.23. The average molecular weight is 592 g/mol. The highest BCUT2D eigenvalue weighted by molar-refractivity contribution is 7.89. The first-order valence-corrected chi connectivity index (χ1v) is 16.1. The van der Waals surface area contributed by atoms with Gasteiger partial charge in [-0.1, -0.05) is 49.7 Å². The van der Waals surface area contributed by atoms with Gasteiger partial charge in [-0.05, 0) is 87.2 Å². The van der Waals surface area contributed by atoms with Crippen molar-refractivity contribution in [1.82, 2.24) is 9.21 Å². The Labute approximate surface area is 249 Å². The van der Waals surface area contributed by atoms with E-state index in [1.165, 1.54) is 0 Å². The number of amides is 1.